The molecule has 2 aromatic rings. The van der Waals surface area contributed by atoms with Crippen LogP contribution in [-0.4, -0.2) is 18.4 Å². The van der Waals surface area contributed by atoms with Gasteiger partial charge in [-0.3, -0.25) is 9.59 Å². The minimum absolute atomic E-state index is 0.00160. The van der Waals surface area contributed by atoms with E-state index in [1.165, 1.54) is 11.3 Å². The minimum atomic E-state index is -0.0759. The Labute approximate surface area is 134 Å². The maximum Gasteiger partial charge on any atom is 0.261 e. The molecule has 22 heavy (non-hydrogen) atoms. The second kappa shape index (κ2) is 8.34. The van der Waals surface area contributed by atoms with Crippen molar-refractivity contribution in [2.45, 2.75) is 25.8 Å². The number of rotatable bonds is 7. The highest BCUT2D eigenvalue weighted by molar-refractivity contribution is 7.12. The predicted octanol–water partition coefficient (Wildman–Crippen LogP) is 3.14. The van der Waals surface area contributed by atoms with Gasteiger partial charge in [0.1, 0.15) is 0 Å². The highest BCUT2D eigenvalue weighted by atomic mass is 32.1. The van der Waals surface area contributed by atoms with Crippen LogP contribution in [0, 0.1) is 0 Å². The molecule has 1 unspecified atom stereocenters. The zero-order chi connectivity index (χ0) is 15.8. The quantitative estimate of drug-likeness (QED) is 0.771. The molecule has 0 bridgehead atoms. The summed E-state index contributed by atoms with van der Waals surface area (Å²) in [5.74, 6) is -0.0743. The fourth-order valence-corrected chi connectivity index (χ4v) is 2.72. The van der Waals surface area contributed by atoms with Crippen molar-refractivity contribution in [1.29, 1.82) is 0 Å². The molecule has 2 N–H and O–H groups in total. The molecule has 2 rings (SSSR count). The first-order chi connectivity index (χ1) is 10.7. The van der Waals surface area contributed by atoms with E-state index in [1.54, 1.807) is 6.07 Å². The van der Waals surface area contributed by atoms with Crippen molar-refractivity contribution >= 4 is 23.2 Å². The van der Waals surface area contributed by atoms with Gasteiger partial charge in [-0.15, -0.1) is 11.3 Å². The lowest BCUT2D eigenvalue weighted by molar-refractivity contribution is -0.121. The molecule has 0 fully saturated rings. The van der Waals surface area contributed by atoms with E-state index in [1.807, 2.05) is 48.7 Å². The van der Waals surface area contributed by atoms with Crippen LogP contribution < -0.4 is 10.6 Å². The number of nitrogens with one attached hydrogen (secondary N) is 2. The number of hydrogen-bond acceptors (Lipinski definition) is 3. The average molecular weight is 316 g/mol. The highest BCUT2D eigenvalue weighted by Gasteiger charge is 2.09. The summed E-state index contributed by atoms with van der Waals surface area (Å²) in [6.45, 7) is 2.47. The first kappa shape index (κ1) is 16.2. The van der Waals surface area contributed by atoms with Crippen LogP contribution >= 0.6 is 11.3 Å². The first-order valence-corrected chi connectivity index (χ1v) is 8.21. The molecule has 4 nitrogen and oxygen atoms in total. The van der Waals surface area contributed by atoms with Crippen LogP contribution in [0.3, 0.4) is 0 Å². The number of hydrogen-bond donors (Lipinski definition) is 2. The smallest absolute Gasteiger partial charge is 0.261 e. The summed E-state index contributed by atoms with van der Waals surface area (Å²) in [5, 5.41) is 7.65. The van der Waals surface area contributed by atoms with Gasteiger partial charge in [0.05, 0.1) is 10.9 Å². The van der Waals surface area contributed by atoms with Crippen LogP contribution in [0.1, 0.15) is 41.0 Å². The summed E-state index contributed by atoms with van der Waals surface area (Å²) in [4.78, 5) is 24.3. The SMILES string of the molecule is CC(NC(=O)CCCNC(=O)c1cccs1)c1ccccc1. The summed E-state index contributed by atoms with van der Waals surface area (Å²) in [6.07, 6.45) is 1.03. The second-order valence-electron chi connectivity index (χ2n) is 5.04. The van der Waals surface area contributed by atoms with E-state index in [4.69, 9.17) is 0 Å². The van der Waals surface area contributed by atoms with Crippen molar-refractivity contribution < 1.29 is 9.59 Å². The lowest BCUT2D eigenvalue weighted by Crippen LogP contribution is -2.28. The largest absolute Gasteiger partial charge is 0.351 e. The molecule has 116 valence electrons. The molecule has 0 aliphatic rings. The number of carbonyl (C=O) groups excluding carboxylic acids is 2. The van der Waals surface area contributed by atoms with E-state index >= 15 is 0 Å². The van der Waals surface area contributed by atoms with Crippen LogP contribution in [-0.2, 0) is 4.79 Å². The third kappa shape index (κ3) is 5.00. The van der Waals surface area contributed by atoms with E-state index in [2.05, 4.69) is 10.6 Å². The maximum absolute atomic E-state index is 11.9. The van der Waals surface area contributed by atoms with E-state index < -0.39 is 0 Å². The van der Waals surface area contributed by atoms with Crippen molar-refractivity contribution in [3.8, 4) is 0 Å². The van der Waals surface area contributed by atoms with Crippen molar-refractivity contribution in [3.63, 3.8) is 0 Å². The average Bonchev–Trinajstić information content (AvgIpc) is 3.06. The Morgan fingerprint density at radius 1 is 1.14 bits per heavy atom. The molecule has 0 radical (unpaired) electrons. The van der Waals surface area contributed by atoms with Crippen LogP contribution in [0.4, 0.5) is 0 Å². The summed E-state index contributed by atoms with van der Waals surface area (Å²) in [6, 6.07) is 13.5. The minimum Gasteiger partial charge on any atom is -0.351 e. The molecule has 0 spiro atoms. The Balaban J connectivity index is 1.65. The zero-order valence-corrected chi connectivity index (χ0v) is 13.4. The fraction of sp³-hybridized carbons (Fsp3) is 0.294. The molecule has 0 aliphatic carbocycles. The lowest BCUT2D eigenvalue weighted by atomic mass is 10.1. The van der Waals surface area contributed by atoms with Gasteiger partial charge in [-0.05, 0) is 30.4 Å². The third-order valence-electron chi connectivity index (χ3n) is 3.29. The van der Waals surface area contributed by atoms with Crippen molar-refractivity contribution in [2.75, 3.05) is 6.54 Å². The molecular weight excluding hydrogens is 296 g/mol. The van der Waals surface area contributed by atoms with Crippen molar-refractivity contribution in [3.05, 3.63) is 58.3 Å². The van der Waals surface area contributed by atoms with Crippen LogP contribution in [0.5, 0.6) is 0 Å². The monoisotopic (exact) mass is 316 g/mol. The Kier molecular flexibility index (Phi) is 6.15. The number of benzene rings is 1. The lowest BCUT2D eigenvalue weighted by Gasteiger charge is -2.14. The topological polar surface area (TPSA) is 58.2 Å². The van der Waals surface area contributed by atoms with Gasteiger partial charge in [0, 0.05) is 13.0 Å². The van der Waals surface area contributed by atoms with Crippen LogP contribution in [0.25, 0.3) is 0 Å². The molecular formula is C17H20N2O2S. The molecule has 1 heterocycles. The van der Waals surface area contributed by atoms with Gasteiger partial charge in [-0.25, -0.2) is 0 Å². The molecule has 0 saturated heterocycles. The van der Waals surface area contributed by atoms with Gasteiger partial charge in [0.25, 0.3) is 5.91 Å². The second-order valence-corrected chi connectivity index (χ2v) is 5.98. The normalized spacial score (nSPS) is 11.7. The van der Waals surface area contributed by atoms with Crippen LogP contribution in [0.15, 0.2) is 47.8 Å². The standard InChI is InChI=1S/C17H20N2O2S/c1-13(14-7-3-2-4-8-14)19-16(20)10-5-11-18-17(21)15-9-6-12-22-15/h2-4,6-9,12-13H,5,10-11H2,1H3,(H,18,21)(H,19,20). The van der Waals surface area contributed by atoms with Gasteiger partial charge in [-0.2, -0.15) is 0 Å². The third-order valence-corrected chi connectivity index (χ3v) is 4.16. The Morgan fingerprint density at radius 2 is 1.91 bits per heavy atom. The molecule has 1 aromatic heterocycles. The van der Waals surface area contributed by atoms with E-state index in [0.29, 0.717) is 24.3 Å². The van der Waals surface area contributed by atoms with Gasteiger partial charge in [-0.1, -0.05) is 36.4 Å². The van der Waals surface area contributed by atoms with Crippen molar-refractivity contribution in [2.24, 2.45) is 0 Å². The molecule has 2 amide bonds. The van der Waals surface area contributed by atoms with E-state index in [0.717, 1.165) is 5.56 Å². The first-order valence-electron chi connectivity index (χ1n) is 7.33. The fourth-order valence-electron chi connectivity index (χ4n) is 2.08. The Morgan fingerprint density at radius 3 is 2.59 bits per heavy atom. The number of thiophene rings is 1. The zero-order valence-electron chi connectivity index (χ0n) is 12.5. The van der Waals surface area contributed by atoms with E-state index in [9.17, 15) is 9.59 Å². The molecule has 5 heteroatoms. The van der Waals surface area contributed by atoms with Gasteiger partial charge in [0.15, 0.2) is 0 Å². The Bertz CT molecular complexity index is 596. The van der Waals surface area contributed by atoms with Gasteiger partial charge < -0.3 is 10.6 Å². The summed E-state index contributed by atoms with van der Waals surface area (Å²) in [7, 11) is 0. The van der Waals surface area contributed by atoms with Crippen LogP contribution in [0.2, 0.25) is 0 Å². The maximum atomic E-state index is 11.9. The van der Waals surface area contributed by atoms with E-state index in [-0.39, 0.29) is 17.9 Å². The van der Waals surface area contributed by atoms with Gasteiger partial charge >= 0.3 is 0 Å². The van der Waals surface area contributed by atoms with Crippen molar-refractivity contribution in [1.82, 2.24) is 10.6 Å². The molecule has 1 aromatic carbocycles. The summed E-state index contributed by atoms with van der Waals surface area (Å²) >= 11 is 1.41. The molecule has 0 aliphatic heterocycles. The number of carbonyl (C=O) groups is 2. The summed E-state index contributed by atoms with van der Waals surface area (Å²) in [5.41, 5.74) is 1.09. The molecule has 1 atom stereocenters. The summed E-state index contributed by atoms with van der Waals surface area (Å²) < 4.78 is 0. The number of amides is 2. The Hall–Kier alpha value is -2.14. The predicted molar refractivity (Wildman–Crippen MR) is 88.9 cm³/mol. The highest BCUT2D eigenvalue weighted by Crippen LogP contribution is 2.11. The van der Waals surface area contributed by atoms with Gasteiger partial charge in [0.2, 0.25) is 5.91 Å². The molecule has 0 saturated carbocycles.